The molecule has 0 heterocycles. The minimum Gasteiger partial charge on any atom is -0.264 e. The molecule has 0 aliphatic carbocycles. The van der Waals surface area contributed by atoms with Crippen molar-refractivity contribution >= 4 is 5.69 Å². The Hall–Kier alpha value is -1.34. The van der Waals surface area contributed by atoms with Crippen LogP contribution in [-0.4, -0.2) is 10.4 Å². The van der Waals surface area contributed by atoms with E-state index in [1.807, 2.05) is 0 Å². The number of benzene rings is 1. The molecular weight excluding hydrogens is 218 g/mol. The van der Waals surface area contributed by atoms with Gasteiger partial charge in [-0.2, -0.15) is 13.2 Å². The first-order valence-corrected chi connectivity index (χ1v) is 3.78. The molecule has 0 saturated heterocycles. The third-order valence-corrected chi connectivity index (χ3v) is 1.87. The summed E-state index contributed by atoms with van der Waals surface area (Å²) in [5, 5.41) is 16.6. The second-order valence-electron chi connectivity index (χ2n) is 2.88. The van der Waals surface area contributed by atoms with E-state index in [-0.39, 0.29) is 0 Å². The molecule has 2 N–H and O–H groups in total. The van der Waals surface area contributed by atoms with Gasteiger partial charge in [-0.15, -0.1) is 5.23 Å². The third kappa shape index (κ3) is 2.37. The van der Waals surface area contributed by atoms with Crippen molar-refractivity contribution in [2.75, 3.05) is 5.23 Å². The number of rotatable bonds is 1. The number of hydrogen-bond donors (Lipinski definition) is 2. The smallest absolute Gasteiger partial charge is 0.264 e. The molecule has 0 atom stereocenters. The summed E-state index contributed by atoms with van der Waals surface area (Å²) in [4.78, 5) is 0. The zero-order chi connectivity index (χ0) is 11.8. The minimum atomic E-state index is -4.74. The van der Waals surface area contributed by atoms with Crippen molar-refractivity contribution in [3.05, 3.63) is 29.1 Å². The molecule has 0 bridgehead atoms. The van der Waals surface area contributed by atoms with Crippen LogP contribution in [0.1, 0.15) is 11.1 Å². The summed E-state index contributed by atoms with van der Waals surface area (Å²) in [7, 11) is 0. The molecule has 0 spiro atoms. The van der Waals surface area contributed by atoms with Crippen LogP contribution >= 0.6 is 0 Å². The predicted octanol–water partition coefficient (Wildman–Crippen LogP) is 2.74. The fourth-order valence-corrected chi connectivity index (χ4v) is 1.17. The van der Waals surface area contributed by atoms with Crippen molar-refractivity contribution < 1.29 is 28.0 Å². The Morgan fingerprint density at radius 3 is 2.13 bits per heavy atom. The van der Waals surface area contributed by atoms with E-state index in [1.165, 1.54) is 0 Å². The molecule has 0 amide bonds. The molecule has 0 aromatic heterocycles. The summed E-state index contributed by atoms with van der Waals surface area (Å²) in [6.45, 7) is 1.01. The third-order valence-electron chi connectivity index (χ3n) is 1.87. The van der Waals surface area contributed by atoms with Crippen molar-refractivity contribution in [3.63, 3.8) is 0 Å². The topological polar surface area (TPSA) is 43.7 Å². The highest BCUT2D eigenvalue weighted by atomic mass is 19.4. The summed E-state index contributed by atoms with van der Waals surface area (Å²) in [5.41, 5.74) is -2.36. The zero-order valence-electron chi connectivity index (χ0n) is 7.51. The normalized spacial score (nSPS) is 11.7. The van der Waals surface area contributed by atoms with E-state index >= 15 is 0 Å². The lowest BCUT2D eigenvalue weighted by Crippen LogP contribution is -2.16. The Kier molecular flexibility index (Phi) is 2.87. The van der Waals surface area contributed by atoms with Gasteiger partial charge in [0.2, 0.25) is 0 Å². The van der Waals surface area contributed by atoms with Crippen molar-refractivity contribution in [3.8, 4) is 0 Å². The van der Waals surface area contributed by atoms with Crippen LogP contribution in [0, 0.1) is 12.7 Å². The summed E-state index contributed by atoms with van der Waals surface area (Å²) in [5.74, 6) is -1.20. The summed E-state index contributed by atoms with van der Waals surface area (Å²) in [6.07, 6.45) is -4.74. The van der Waals surface area contributed by atoms with Gasteiger partial charge in [0.05, 0.1) is 5.56 Å². The highest BCUT2D eigenvalue weighted by molar-refractivity contribution is 5.53. The van der Waals surface area contributed by atoms with Crippen LogP contribution in [0.2, 0.25) is 0 Å². The fraction of sp³-hybridized carbons (Fsp3) is 0.250. The molecule has 0 saturated carbocycles. The average molecular weight is 225 g/mol. The van der Waals surface area contributed by atoms with Crippen LogP contribution in [0.15, 0.2) is 12.1 Å². The molecule has 0 aliphatic heterocycles. The molecule has 84 valence electrons. The fourth-order valence-electron chi connectivity index (χ4n) is 1.17. The van der Waals surface area contributed by atoms with Gasteiger partial charge in [-0.1, -0.05) is 0 Å². The Labute approximate surface area is 82.1 Å². The van der Waals surface area contributed by atoms with Crippen molar-refractivity contribution in [2.24, 2.45) is 0 Å². The maximum Gasteiger partial charge on any atom is 0.416 e. The lowest BCUT2D eigenvalue weighted by atomic mass is 10.1. The van der Waals surface area contributed by atoms with Crippen molar-refractivity contribution in [2.45, 2.75) is 13.1 Å². The maximum absolute atomic E-state index is 12.7. The van der Waals surface area contributed by atoms with E-state index in [0.29, 0.717) is 12.1 Å². The zero-order valence-corrected chi connectivity index (χ0v) is 7.51. The summed E-state index contributed by atoms with van der Waals surface area (Å²) >= 11 is 0. The monoisotopic (exact) mass is 225 g/mol. The summed E-state index contributed by atoms with van der Waals surface area (Å²) in [6, 6.07) is 0.882. The molecule has 0 fully saturated rings. The van der Waals surface area contributed by atoms with E-state index in [9.17, 15) is 17.6 Å². The molecule has 0 aliphatic rings. The van der Waals surface area contributed by atoms with Crippen LogP contribution < -0.4 is 5.23 Å². The van der Waals surface area contributed by atoms with E-state index < -0.39 is 34.0 Å². The largest absolute Gasteiger partial charge is 0.416 e. The Morgan fingerprint density at radius 2 is 1.73 bits per heavy atom. The van der Waals surface area contributed by atoms with Gasteiger partial charge in [-0.25, -0.2) is 4.39 Å². The van der Waals surface area contributed by atoms with Gasteiger partial charge in [0, 0.05) is 6.07 Å². The Bertz CT molecular complexity index is 376. The molecule has 7 heteroatoms. The number of anilines is 1. The van der Waals surface area contributed by atoms with Gasteiger partial charge < -0.3 is 0 Å². The standard InChI is InChI=1S/C8H7F4NO2/c1-4-6(8(10,11)12)2-5(9)3-7(4)13(14)15/h2-3,14-15H,1H3. The maximum atomic E-state index is 12.7. The second-order valence-corrected chi connectivity index (χ2v) is 2.88. The molecule has 3 nitrogen and oxygen atoms in total. The highest BCUT2D eigenvalue weighted by Gasteiger charge is 2.34. The Balaban J connectivity index is 3.42. The van der Waals surface area contributed by atoms with Crippen molar-refractivity contribution in [1.29, 1.82) is 0 Å². The van der Waals surface area contributed by atoms with Gasteiger partial charge >= 0.3 is 6.18 Å². The van der Waals surface area contributed by atoms with Crippen LogP contribution in [0.4, 0.5) is 23.2 Å². The van der Waals surface area contributed by atoms with Crippen LogP contribution in [-0.2, 0) is 6.18 Å². The molecule has 1 aromatic rings. The van der Waals surface area contributed by atoms with E-state index in [2.05, 4.69) is 0 Å². The van der Waals surface area contributed by atoms with E-state index in [1.54, 1.807) is 0 Å². The van der Waals surface area contributed by atoms with Crippen molar-refractivity contribution in [1.82, 2.24) is 0 Å². The SMILES string of the molecule is Cc1c(N(O)O)cc(F)cc1C(F)(F)F. The lowest BCUT2D eigenvalue weighted by Gasteiger charge is -2.16. The van der Waals surface area contributed by atoms with Gasteiger partial charge in [0.1, 0.15) is 11.5 Å². The predicted molar refractivity (Wildman–Crippen MR) is 42.2 cm³/mol. The molecule has 0 radical (unpaired) electrons. The van der Waals surface area contributed by atoms with Crippen LogP contribution in [0.3, 0.4) is 0 Å². The lowest BCUT2D eigenvalue weighted by molar-refractivity contribution is -0.138. The highest BCUT2D eigenvalue weighted by Crippen LogP contribution is 2.35. The number of halogens is 4. The number of alkyl halides is 3. The van der Waals surface area contributed by atoms with Crippen LogP contribution in [0.5, 0.6) is 0 Å². The van der Waals surface area contributed by atoms with Gasteiger partial charge in [-0.05, 0) is 18.6 Å². The number of hydrogen-bond acceptors (Lipinski definition) is 3. The van der Waals surface area contributed by atoms with Gasteiger partial charge in [-0.3, -0.25) is 10.4 Å². The number of nitrogens with zero attached hydrogens (tertiary/aromatic N) is 1. The first-order chi connectivity index (χ1) is 6.73. The van der Waals surface area contributed by atoms with Gasteiger partial charge in [0.15, 0.2) is 0 Å². The second kappa shape index (κ2) is 3.67. The molecule has 1 aromatic carbocycles. The van der Waals surface area contributed by atoms with E-state index in [0.717, 1.165) is 6.92 Å². The molecule has 1 rings (SSSR count). The van der Waals surface area contributed by atoms with E-state index in [4.69, 9.17) is 10.4 Å². The van der Waals surface area contributed by atoms with Crippen LogP contribution in [0.25, 0.3) is 0 Å². The first-order valence-electron chi connectivity index (χ1n) is 3.78. The van der Waals surface area contributed by atoms with Gasteiger partial charge in [0.25, 0.3) is 0 Å². The average Bonchev–Trinajstić information content (AvgIpc) is 2.06. The minimum absolute atomic E-state index is 0.294. The first kappa shape index (κ1) is 11.7. The molecule has 0 unspecified atom stereocenters. The Morgan fingerprint density at radius 1 is 1.20 bits per heavy atom. The quantitative estimate of drug-likeness (QED) is 0.570. The summed E-state index contributed by atoms with van der Waals surface area (Å²) < 4.78 is 49.7. The molecule has 15 heavy (non-hydrogen) atoms. The molecular formula is C8H7F4NO2.